The zero-order valence-corrected chi connectivity index (χ0v) is 11.9. The molecule has 4 nitrogen and oxygen atoms in total. The van der Waals surface area contributed by atoms with Gasteiger partial charge in [-0.2, -0.15) is 0 Å². The molecule has 1 aromatic rings. The number of hydrogen-bond acceptors (Lipinski definition) is 4. The Bertz CT molecular complexity index is 483. The van der Waals surface area contributed by atoms with Crippen LogP contribution in [0.3, 0.4) is 0 Å². The van der Waals surface area contributed by atoms with Crippen molar-refractivity contribution < 1.29 is 9.53 Å². The van der Waals surface area contributed by atoms with Crippen molar-refractivity contribution in [2.45, 2.75) is 32.3 Å². The van der Waals surface area contributed by atoms with Crippen molar-refractivity contribution in [3.8, 4) is 5.75 Å². The quantitative estimate of drug-likeness (QED) is 0.845. The number of Topliss-reactive ketones (excluding diaryl/α,β-unsaturated/α-hetero) is 1. The molecule has 0 saturated heterocycles. The predicted octanol–water partition coefficient (Wildman–Crippen LogP) is 2.22. The lowest BCUT2D eigenvalue weighted by atomic mass is 10.0. The van der Waals surface area contributed by atoms with Crippen LogP contribution in [0.5, 0.6) is 5.75 Å². The SMILES string of the molecule is CN1CC(C)(C)Oc2ccc(C(=O)CCCN)cc21. The van der Waals surface area contributed by atoms with Gasteiger partial charge in [0, 0.05) is 19.0 Å². The summed E-state index contributed by atoms with van der Waals surface area (Å²) in [4.78, 5) is 14.1. The minimum Gasteiger partial charge on any atom is -0.484 e. The second-order valence-electron chi connectivity index (χ2n) is 5.72. The maximum absolute atomic E-state index is 12.0. The molecule has 0 radical (unpaired) electrons. The van der Waals surface area contributed by atoms with Crippen LogP contribution in [0.15, 0.2) is 18.2 Å². The second kappa shape index (κ2) is 5.21. The van der Waals surface area contributed by atoms with E-state index in [1.807, 2.05) is 25.2 Å². The maximum atomic E-state index is 12.0. The number of anilines is 1. The largest absolute Gasteiger partial charge is 0.484 e. The lowest BCUT2D eigenvalue weighted by molar-refractivity contribution is 0.0979. The number of nitrogens with two attached hydrogens (primary N) is 1. The molecule has 0 atom stereocenters. The van der Waals surface area contributed by atoms with Crippen LogP contribution in [0.2, 0.25) is 0 Å². The molecule has 1 aliphatic rings. The summed E-state index contributed by atoms with van der Waals surface area (Å²) in [6.07, 6.45) is 1.24. The standard InChI is InChI=1S/C15H22N2O2/c1-15(2)10-17(3)12-9-11(6-7-14(12)19-15)13(18)5-4-8-16/h6-7,9H,4-5,8,10,16H2,1-3H3. The van der Waals surface area contributed by atoms with Gasteiger partial charge in [-0.15, -0.1) is 0 Å². The number of likely N-dealkylation sites (N-methyl/N-ethyl adjacent to an activating group) is 1. The number of benzene rings is 1. The van der Waals surface area contributed by atoms with Crippen molar-refractivity contribution in [1.82, 2.24) is 0 Å². The first-order valence-corrected chi connectivity index (χ1v) is 6.70. The van der Waals surface area contributed by atoms with E-state index in [1.54, 1.807) is 0 Å². The monoisotopic (exact) mass is 262 g/mol. The number of nitrogens with zero attached hydrogens (tertiary/aromatic N) is 1. The van der Waals surface area contributed by atoms with Crippen LogP contribution in [-0.4, -0.2) is 31.5 Å². The number of ketones is 1. The molecule has 104 valence electrons. The van der Waals surface area contributed by atoms with Gasteiger partial charge in [0.1, 0.15) is 11.4 Å². The molecular weight excluding hydrogens is 240 g/mol. The molecule has 2 N–H and O–H groups in total. The van der Waals surface area contributed by atoms with E-state index in [4.69, 9.17) is 10.5 Å². The smallest absolute Gasteiger partial charge is 0.163 e. The topological polar surface area (TPSA) is 55.6 Å². The molecule has 0 aliphatic carbocycles. The Kier molecular flexibility index (Phi) is 3.80. The Balaban J connectivity index is 2.24. The van der Waals surface area contributed by atoms with Crippen molar-refractivity contribution in [3.05, 3.63) is 23.8 Å². The summed E-state index contributed by atoms with van der Waals surface area (Å²) in [7, 11) is 2.03. The van der Waals surface area contributed by atoms with Gasteiger partial charge in [-0.1, -0.05) is 0 Å². The van der Waals surface area contributed by atoms with Gasteiger partial charge >= 0.3 is 0 Å². The summed E-state index contributed by atoms with van der Waals surface area (Å²) in [5.41, 5.74) is 6.96. The van der Waals surface area contributed by atoms with Crippen LogP contribution < -0.4 is 15.4 Å². The zero-order valence-electron chi connectivity index (χ0n) is 11.9. The van der Waals surface area contributed by atoms with Gasteiger partial charge in [-0.25, -0.2) is 0 Å². The van der Waals surface area contributed by atoms with Crippen LogP contribution in [0.25, 0.3) is 0 Å². The fourth-order valence-corrected chi connectivity index (χ4v) is 2.47. The van der Waals surface area contributed by atoms with E-state index in [-0.39, 0.29) is 11.4 Å². The van der Waals surface area contributed by atoms with Gasteiger partial charge in [0.15, 0.2) is 5.78 Å². The van der Waals surface area contributed by atoms with E-state index in [2.05, 4.69) is 18.7 Å². The van der Waals surface area contributed by atoms with E-state index in [1.165, 1.54) is 0 Å². The molecule has 0 amide bonds. The van der Waals surface area contributed by atoms with E-state index in [9.17, 15) is 4.79 Å². The minimum absolute atomic E-state index is 0.145. The predicted molar refractivity (Wildman–Crippen MR) is 77.0 cm³/mol. The van der Waals surface area contributed by atoms with Crippen LogP contribution in [0.4, 0.5) is 5.69 Å². The van der Waals surface area contributed by atoms with Crippen molar-refractivity contribution in [2.24, 2.45) is 5.73 Å². The third-order valence-electron chi connectivity index (χ3n) is 3.30. The third-order valence-corrected chi connectivity index (χ3v) is 3.30. The third kappa shape index (κ3) is 3.07. The number of rotatable bonds is 4. The van der Waals surface area contributed by atoms with E-state index < -0.39 is 0 Å². The summed E-state index contributed by atoms with van der Waals surface area (Å²) >= 11 is 0. The zero-order chi connectivity index (χ0) is 14.0. The molecule has 1 aliphatic heterocycles. The number of carbonyl (C=O) groups is 1. The first kappa shape index (κ1) is 13.9. The minimum atomic E-state index is -0.202. The molecule has 2 rings (SSSR count). The van der Waals surface area contributed by atoms with Gasteiger partial charge < -0.3 is 15.4 Å². The van der Waals surface area contributed by atoms with Crippen molar-refractivity contribution in [3.63, 3.8) is 0 Å². The second-order valence-corrected chi connectivity index (χ2v) is 5.72. The highest BCUT2D eigenvalue weighted by Crippen LogP contribution is 2.36. The van der Waals surface area contributed by atoms with E-state index >= 15 is 0 Å². The summed E-state index contributed by atoms with van der Waals surface area (Å²) in [5, 5.41) is 0. The molecule has 1 aromatic carbocycles. The number of fused-ring (bicyclic) bond motifs is 1. The van der Waals surface area contributed by atoms with Crippen molar-refractivity contribution >= 4 is 11.5 Å². The average molecular weight is 262 g/mol. The lowest BCUT2D eigenvalue weighted by Crippen LogP contribution is -2.45. The molecule has 4 heteroatoms. The normalized spacial score (nSPS) is 16.7. The summed E-state index contributed by atoms with van der Waals surface area (Å²) in [6.45, 7) is 5.48. The maximum Gasteiger partial charge on any atom is 0.163 e. The van der Waals surface area contributed by atoms with Gasteiger partial charge in [-0.3, -0.25) is 4.79 Å². The summed E-state index contributed by atoms with van der Waals surface area (Å²) < 4.78 is 5.93. The Morgan fingerprint density at radius 1 is 1.47 bits per heavy atom. The molecule has 1 heterocycles. The first-order valence-electron chi connectivity index (χ1n) is 6.70. The Morgan fingerprint density at radius 2 is 2.21 bits per heavy atom. The lowest BCUT2D eigenvalue weighted by Gasteiger charge is -2.39. The summed E-state index contributed by atoms with van der Waals surface area (Å²) in [5.74, 6) is 0.987. The molecule has 0 spiro atoms. The molecule has 0 aromatic heterocycles. The van der Waals surface area contributed by atoms with E-state index in [0.717, 1.165) is 30.0 Å². The van der Waals surface area contributed by atoms with Crippen LogP contribution in [-0.2, 0) is 0 Å². The Labute approximate surface area is 114 Å². The van der Waals surface area contributed by atoms with Gasteiger partial charge in [-0.05, 0) is 45.0 Å². The van der Waals surface area contributed by atoms with E-state index in [0.29, 0.717) is 13.0 Å². The van der Waals surface area contributed by atoms with Crippen LogP contribution >= 0.6 is 0 Å². The van der Waals surface area contributed by atoms with Crippen molar-refractivity contribution in [1.29, 1.82) is 0 Å². The van der Waals surface area contributed by atoms with Gasteiger partial charge in [0.05, 0.1) is 12.2 Å². The number of hydrogen-bond donors (Lipinski definition) is 1. The number of ether oxygens (including phenoxy) is 1. The highest BCUT2D eigenvalue weighted by Gasteiger charge is 2.30. The Morgan fingerprint density at radius 3 is 2.89 bits per heavy atom. The van der Waals surface area contributed by atoms with Gasteiger partial charge in [0.2, 0.25) is 0 Å². The molecule has 19 heavy (non-hydrogen) atoms. The average Bonchev–Trinajstić information content (AvgIpc) is 2.34. The Hall–Kier alpha value is -1.55. The highest BCUT2D eigenvalue weighted by molar-refractivity contribution is 5.97. The summed E-state index contributed by atoms with van der Waals surface area (Å²) in [6, 6.07) is 5.65. The van der Waals surface area contributed by atoms with Crippen molar-refractivity contribution in [2.75, 3.05) is 25.0 Å². The highest BCUT2D eigenvalue weighted by atomic mass is 16.5. The van der Waals surface area contributed by atoms with Crippen LogP contribution in [0.1, 0.15) is 37.0 Å². The van der Waals surface area contributed by atoms with Gasteiger partial charge in [0.25, 0.3) is 0 Å². The molecule has 0 bridgehead atoms. The molecule has 0 unspecified atom stereocenters. The molecular formula is C15H22N2O2. The number of carbonyl (C=O) groups excluding carboxylic acids is 1. The first-order chi connectivity index (χ1) is 8.93. The van der Waals surface area contributed by atoms with Crippen LogP contribution in [0, 0.1) is 0 Å². The molecule has 0 saturated carbocycles. The molecule has 0 fully saturated rings. The fraction of sp³-hybridized carbons (Fsp3) is 0.533. The fourth-order valence-electron chi connectivity index (χ4n) is 2.47.